The zero-order chi connectivity index (χ0) is 25.6. The molecule has 0 aromatic rings. The van der Waals surface area contributed by atoms with E-state index in [1.54, 1.807) is 0 Å². The molecule has 5 nitrogen and oxygen atoms in total. The van der Waals surface area contributed by atoms with Crippen molar-refractivity contribution in [2.75, 3.05) is 0 Å². The number of hydrogen-bond donors (Lipinski definition) is 3. The van der Waals surface area contributed by atoms with E-state index in [1.165, 1.54) is 0 Å². The van der Waals surface area contributed by atoms with Crippen molar-refractivity contribution in [1.82, 2.24) is 0 Å². The molecule has 0 aromatic carbocycles. The topological polar surface area (TPSA) is 87.0 Å². The molecule has 6 rings (SSSR count). The molecule has 1 saturated heterocycles. The highest BCUT2D eigenvalue weighted by Gasteiger charge is 2.84. The summed E-state index contributed by atoms with van der Waals surface area (Å²) in [6, 6.07) is 0. The Bertz CT molecular complexity index is 953. The van der Waals surface area contributed by atoms with Crippen molar-refractivity contribution >= 4 is 5.78 Å². The standard InChI is InChI=1S/C30H48O5/c1-24(2)20(33)8-11-30-16-29(30)13-12-26(5)23(28(7)10-9-21(35-28)25(3,4)34)18(32)15-27(26,6)19(29)14-17(31)22(24)30/h17-19,21-23,31-32,34H,8-16H2,1-7H3/t17-,18-,19?,21-,22-,23-,26+,27-,28+,29?,30+/m0/s1. The van der Waals surface area contributed by atoms with Gasteiger partial charge in [-0.3, -0.25) is 4.79 Å². The van der Waals surface area contributed by atoms with Crippen molar-refractivity contribution in [3.8, 4) is 0 Å². The molecule has 35 heavy (non-hydrogen) atoms. The van der Waals surface area contributed by atoms with Crippen molar-refractivity contribution in [1.29, 1.82) is 0 Å². The number of carbonyl (C=O) groups is 1. The number of aliphatic hydroxyl groups is 3. The Hall–Kier alpha value is -0.490. The Kier molecular flexibility index (Phi) is 4.78. The molecule has 6 fully saturated rings. The van der Waals surface area contributed by atoms with Gasteiger partial charge >= 0.3 is 0 Å². The summed E-state index contributed by atoms with van der Waals surface area (Å²) in [5, 5.41) is 34.0. The fraction of sp³-hybridized carbons (Fsp3) is 0.967. The summed E-state index contributed by atoms with van der Waals surface area (Å²) in [4.78, 5) is 12.9. The van der Waals surface area contributed by atoms with Crippen LogP contribution in [-0.4, -0.2) is 50.6 Å². The molecule has 6 aliphatic rings. The summed E-state index contributed by atoms with van der Waals surface area (Å²) in [5.74, 6) is 0.756. The number of aliphatic hydroxyl groups excluding tert-OH is 2. The predicted octanol–water partition coefficient (Wildman–Crippen LogP) is 4.64. The average molecular weight is 489 g/mol. The van der Waals surface area contributed by atoms with Gasteiger partial charge in [-0.15, -0.1) is 0 Å². The largest absolute Gasteiger partial charge is 0.393 e. The van der Waals surface area contributed by atoms with Gasteiger partial charge in [0.1, 0.15) is 5.78 Å². The lowest BCUT2D eigenvalue weighted by Crippen LogP contribution is -2.61. The predicted molar refractivity (Wildman–Crippen MR) is 133 cm³/mol. The highest BCUT2D eigenvalue weighted by molar-refractivity contribution is 5.86. The van der Waals surface area contributed by atoms with Crippen LogP contribution in [0.5, 0.6) is 0 Å². The van der Waals surface area contributed by atoms with Gasteiger partial charge in [-0.25, -0.2) is 0 Å². The minimum absolute atomic E-state index is 0.0126. The molecule has 0 amide bonds. The number of fused-ring (bicyclic) bond motifs is 2. The molecule has 1 heterocycles. The van der Waals surface area contributed by atoms with Crippen LogP contribution in [0.1, 0.15) is 106 Å². The molecule has 198 valence electrons. The molecule has 1 aliphatic heterocycles. The molecule has 0 bridgehead atoms. The Labute approximate surface area is 211 Å². The fourth-order valence-corrected chi connectivity index (χ4v) is 12.0. The minimum Gasteiger partial charge on any atom is -0.393 e. The van der Waals surface area contributed by atoms with E-state index in [0.29, 0.717) is 18.1 Å². The van der Waals surface area contributed by atoms with Crippen molar-refractivity contribution in [3.05, 3.63) is 0 Å². The number of ketones is 1. The van der Waals surface area contributed by atoms with Crippen LogP contribution in [0.3, 0.4) is 0 Å². The smallest absolute Gasteiger partial charge is 0.138 e. The van der Waals surface area contributed by atoms with E-state index in [2.05, 4.69) is 34.6 Å². The summed E-state index contributed by atoms with van der Waals surface area (Å²) in [6.07, 6.45) is 6.97. The monoisotopic (exact) mass is 488 g/mol. The van der Waals surface area contributed by atoms with Gasteiger partial charge in [0.15, 0.2) is 0 Å². The maximum atomic E-state index is 12.9. The summed E-state index contributed by atoms with van der Waals surface area (Å²) < 4.78 is 6.65. The van der Waals surface area contributed by atoms with Gasteiger partial charge in [-0.2, -0.15) is 0 Å². The quantitative estimate of drug-likeness (QED) is 0.527. The molecular weight excluding hydrogens is 440 g/mol. The molecule has 0 aromatic heterocycles. The third-order valence-electron chi connectivity index (χ3n) is 13.5. The van der Waals surface area contributed by atoms with Crippen molar-refractivity contribution in [3.63, 3.8) is 0 Å². The van der Waals surface area contributed by atoms with Crippen molar-refractivity contribution in [2.45, 2.75) is 136 Å². The third-order valence-corrected chi connectivity index (χ3v) is 13.5. The summed E-state index contributed by atoms with van der Waals surface area (Å²) in [5.41, 5.74) is -1.71. The van der Waals surface area contributed by atoms with Crippen LogP contribution < -0.4 is 0 Å². The van der Waals surface area contributed by atoms with E-state index in [9.17, 15) is 20.1 Å². The first-order chi connectivity index (χ1) is 16.0. The maximum Gasteiger partial charge on any atom is 0.138 e. The van der Waals surface area contributed by atoms with Gasteiger partial charge in [0.2, 0.25) is 0 Å². The number of Topliss-reactive ketones (excluding diaryl/α,β-unsaturated/α-hetero) is 1. The van der Waals surface area contributed by atoms with Gasteiger partial charge < -0.3 is 20.1 Å². The molecule has 5 saturated carbocycles. The third kappa shape index (κ3) is 2.72. The first kappa shape index (κ1) is 24.8. The number of ether oxygens (including phenoxy) is 1. The number of hydrogen-bond acceptors (Lipinski definition) is 5. The van der Waals surface area contributed by atoms with Crippen LogP contribution in [0.15, 0.2) is 0 Å². The van der Waals surface area contributed by atoms with Crippen LogP contribution >= 0.6 is 0 Å². The maximum absolute atomic E-state index is 12.9. The second kappa shape index (κ2) is 6.74. The fourth-order valence-electron chi connectivity index (χ4n) is 12.0. The Balaban J connectivity index is 1.37. The zero-order valence-corrected chi connectivity index (χ0v) is 23.0. The lowest BCUT2D eigenvalue weighted by molar-refractivity contribution is -0.203. The number of carbonyl (C=O) groups excluding carboxylic acids is 1. The highest BCUT2D eigenvalue weighted by atomic mass is 16.5. The molecular formula is C30H48O5. The summed E-state index contributed by atoms with van der Waals surface area (Å²) >= 11 is 0. The average Bonchev–Trinajstić information content (AvgIpc) is 3.08. The summed E-state index contributed by atoms with van der Waals surface area (Å²) in [7, 11) is 0. The van der Waals surface area contributed by atoms with E-state index in [0.717, 1.165) is 51.4 Å². The highest BCUT2D eigenvalue weighted by Crippen LogP contribution is 2.89. The molecule has 5 aliphatic carbocycles. The van der Waals surface area contributed by atoms with Gasteiger partial charge in [0.05, 0.1) is 29.5 Å². The lowest BCUT2D eigenvalue weighted by Gasteiger charge is -2.63. The first-order valence-corrected chi connectivity index (χ1v) is 14.3. The van der Waals surface area contributed by atoms with E-state index >= 15 is 0 Å². The van der Waals surface area contributed by atoms with Crippen molar-refractivity contribution < 1.29 is 24.9 Å². The Morgan fingerprint density at radius 3 is 2.20 bits per heavy atom. The minimum atomic E-state index is -0.893. The van der Waals surface area contributed by atoms with E-state index in [1.807, 2.05) is 13.8 Å². The second-order valence-electron chi connectivity index (χ2n) is 15.7. The number of rotatable bonds is 2. The molecule has 2 spiro atoms. The molecule has 3 N–H and O–H groups in total. The van der Waals surface area contributed by atoms with E-state index < -0.39 is 28.8 Å². The van der Waals surface area contributed by atoms with Crippen LogP contribution in [-0.2, 0) is 9.53 Å². The van der Waals surface area contributed by atoms with Gasteiger partial charge in [-0.1, -0.05) is 27.7 Å². The summed E-state index contributed by atoms with van der Waals surface area (Å²) in [6.45, 7) is 14.8. The van der Waals surface area contributed by atoms with Gasteiger partial charge in [0, 0.05) is 23.7 Å². The molecule has 5 heteroatoms. The van der Waals surface area contributed by atoms with Crippen LogP contribution in [0.2, 0.25) is 0 Å². The van der Waals surface area contributed by atoms with Crippen LogP contribution in [0.4, 0.5) is 0 Å². The SMILES string of the molecule is CC(C)(O)[C@@H]1CC[C@](C)([C@H]2[C@@H](O)C[C@@]3(C)C4C[C@H](O)[C@H]5C(C)(C)C(=O)CC[C@@]56CC46CC[C@]23C)O1. The van der Waals surface area contributed by atoms with Crippen molar-refractivity contribution in [2.24, 2.45) is 44.8 Å². The van der Waals surface area contributed by atoms with Crippen LogP contribution in [0, 0.1) is 44.8 Å². The second-order valence-corrected chi connectivity index (χ2v) is 15.7. The first-order valence-electron chi connectivity index (χ1n) is 14.3. The zero-order valence-electron chi connectivity index (χ0n) is 23.0. The molecule has 0 radical (unpaired) electrons. The van der Waals surface area contributed by atoms with E-state index in [-0.39, 0.29) is 39.6 Å². The van der Waals surface area contributed by atoms with Crippen LogP contribution in [0.25, 0.3) is 0 Å². The Morgan fingerprint density at radius 1 is 0.886 bits per heavy atom. The molecule has 2 unspecified atom stereocenters. The van der Waals surface area contributed by atoms with Gasteiger partial charge in [0.25, 0.3) is 0 Å². The van der Waals surface area contributed by atoms with E-state index in [4.69, 9.17) is 4.74 Å². The molecule has 11 atom stereocenters. The normalized spacial score (nSPS) is 58.9. The van der Waals surface area contributed by atoms with Gasteiger partial charge in [-0.05, 0) is 99.7 Å². The Morgan fingerprint density at radius 2 is 1.57 bits per heavy atom. The lowest BCUT2D eigenvalue weighted by atomic mass is 9.41.